The van der Waals surface area contributed by atoms with E-state index in [1.165, 1.54) is 12.1 Å². The van der Waals surface area contributed by atoms with Gasteiger partial charge in [0.05, 0.1) is 11.3 Å². The van der Waals surface area contributed by atoms with Crippen LogP contribution in [0.25, 0.3) is 0 Å². The number of piperazine rings is 1. The molecule has 0 aliphatic carbocycles. The van der Waals surface area contributed by atoms with Gasteiger partial charge in [0.1, 0.15) is 6.04 Å². The van der Waals surface area contributed by atoms with Gasteiger partial charge in [0.25, 0.3) is 0 Å². The second-order valence-corrected chi connectivity index (χ2v) is 8.09. The largest absolute Gasteiger partial charge is 0.353 e. The van der Waals surface area contributed by atoms with Gasteiger partial charge in [0, 0.05) is 19.6 Å². The number of carbonyl (C=O) groups excluding carboxylic acids is 2. The van der Waals surface area contributed by atoms with Crippen LogP contribution in [0.2, 0.25) is 0 Å². The van der Waals surface area contributed by atoms with Crippen LogP contribution in [0.4, 0.5) is 0 Å². The molecule has 0 bridgehead atoms. The molecule has 3 rings (SSSR count). The fourth-order valence-electron chi connectivity index (χ4n) is 2.95. The molecule has 2 aromatic carbocycles. The molecule has 2 N–H and O–H groups in total. The molecule has 0 radical (unpaired) electrons. The van der Waals surface area contributed by atoms with E-state index < -0.39 is 22.0 Å². The summed E-state index contributed by atoms with van der Waals surface area (Å²) < 4.78 is 27.0. The summed E-state index contributed by atoms with van der Waals surface area (Å²) in [5.41, 5.74) is 0.924. The summed E-state index contributed by atoms with van der Waals surface area (Å²) in [4.78, 5) is 24.7. The Kier molecular flexibility index (Phi) is 5.88. The zero-order chi connectivity index (χ0) is 19.3. The van der Waals surface area contributed by atoms with E-state index in [1.54, 1.807) is 18.2 Å². The number of nitrogens with one attached hydrogen (secondary N) is 2. The maximum Gasteiger partial charge on any atom is 0.243 e. The first-order chi connectivity index (χ1) is 13.0. The van der Waals surface area contributed by atoms with E-state index >= 15 is 0 Å². The van der Waals surface area contributed by atoms with Gasteiger partial charge in [0.15, 0.2) is 0 Å². The molecule has 2 aromatic rings. The minimum atomic E-state index is -3.86. The van der Waals surface area contributed by atoms with E-state index in [0.29, 0.717) is 6.54 Å². The monoisotopic (exact) mass is 387 g/mol. The topological polar surface area (TPSA) is 95.6 Å². The molecule has 1 heterocycles. The van der Waals surface area contributed by atoms with Crippen LogP contribution in [0.5, 0.6) is 0 Å². The van der Waals surface area contributed by atoms with Crippen molar-refractivity contribution in [2.75, 3.05) is 13.1 Å². The molecule has 8 heteroatoms. The fraction of sp³-hybridized carbons (Fsp3) is 0.263. The van der Waals surface area contributed by atoms with Gasteiger partial charge in [-0.2, -0.15) is 4.31 Å². The van der Waals surface area contributed by atoms with E-state index in [0.717, 1.165) is 9.87 Å². The number of amides is 2. The Hall–Kier alpha value is -2.71. The maximum absolute atomic E-state index is 12.9. The molecule has 0 spiro atoms. The van der Waals surface area contributed by atoms with Crippen molar-refractivity contribution in [3.8, 4) is 0 Å². The molecule has 0 saturated carbocycles. The number of rotatable bonds is 6. The van der Waals surface area contributed by atoms with Gasteiger partial charge < -0.3 is 10.6 Å². The normalized spacial score (nSPS) is 17.9. The zero-order valence-corrected chi connectivity index (χ0v) is 15.5. The minimum absolute atomic E-state index is 0.106. The SMILES string of the molecule is O=C(C[C@@H]1C(=O)NCCN1S(=O)(=O)c1ccccc1)NCc1ccccc1. The highest BCUT2D eigenvalue weighted by molar-refractivity contribution is 7.89. The van der Waals surface area contributed by atoms with Crippen LogP contribution in [0.1, 0.15) is 12.0 Å². The molecule has 2 amide bonds. The van der Waals surface area contributed by atoms with E-state index in [9.17, 15) is 18.0 Å². The van der Waals surface area contributed by atoms with Crippen molar-refractivity contribution in [3.05, 3.63) is 66.2 Å². The molecule has 7 nitrogen and oxygen atoms in total. The lowest BCUT2D eigenvalue weighted by Crippen LogP contribution is -2.58. The summed E-state index contributed by atoms with van der Waals surface area (Å²) >= 11 is 0. The third kappa shape index (κ3) is 4.53. The van der Waals surface area contributed by atoms with Crippen LogP contribution in [-0.4, -0.2) is 43.7 Å². The summed E-state index contributed by atoms with van der Waals surface area (Å²) in [6.07, 6.45) is -0.231. The van der Waals surface area contributed by atoms with Gasteiger partial charge in [-0.15, -0.1) is 0 Å². The Morgan fingerprint density at radius 2 is 1.70 bits per heavy atom. The Bertz CT molecular complexity index is 901. The van der Waals surface area contributed by atoms with Crippen LogP contribution in [0, 0.1) is 0 Å². The first-order valence-electron chi connectivity index (χ1n) is 8.64. The van der Waals surface area contributed by atoms with Crippen molar-refractivity contribution >= 4 is 21.8 Å². The number of sulfonamides is 1. The lowest BCUT2D eigenvalue weighted by atomic mass is 10.1. The van der Waals surface area contributed by atoms with Crippen LogP contribution in [-0.2, 0) is 26.2 Å². The molecule has 0 unspecified atom stereocenters. The molecule has 1 saturated heterocycles. The van der Waals surface area contributed by atoms with Gasteiger partial charge >= 0.3 is 0 Å². The van der Waals surface area contributed by atoms with Crippen LogP contribution < -0.4 is 10.6 Å². The molecule has 1 aliphatic rings. The third-order valence-electron chi connectivity index (χ3n) is 4.34. The summed E-state index contributed by atoms with van der Waals surface area (Å²) in [6.45, 7) is 0.659. The highest BCUT2D eigenvalue weighted by Crippen LogP contribution is 2.21. The Morgan fingerprint density at radius 1 is 1.07 bits per heavy atom. The molecule has 27 heavy (non-hydrogen) atoms. The zero-order valence-electron chi connectivity index (χ0n) is 14.7. The second kappa shape index (κ2) is 8.32. The summed E-state index contributed by atoms with van der Waals surface area (Å²) in [6, 6.07) is 16.2. The molecule has 0 aromatic heterocycles. The Morgan fingerprint density at radius 3 is 2.37 bits per heavy atom. The van der Waals surface area contributed by atoms with Gasteiger partial charge in [-0.05, 0) is 17.7 Å². The van der Waals surface area contributed by atoms with E-state index in [1.807, 2.05) is 30.3 Å². The molecular weight excluding hydrogens is 366 g/mol. The molecule has 1 aliphatic heterocycles. The van der Waals surface area contributed by atoms with E-state index in [4.69, 9.17) is 0 Å². The van der Waals surface area contributed by atoms with Crippen LogP contribution in [0.3, 0.4) is 0 Å². The van der Waals surface area contributed by atoms with Crippen LogP contribution >= 0.6 is 0 Å². The summed E-state index contributed by atoms with van der Waals surface area (Å²) in [7, 11) is -3.86. The van der Waals surface area contributed by atoms with Gasteiger partial charge in [-0.1, -0.05) is 48.5 Å². The smallest absolute Gasteiger partial charge is 0.243 e. The minimum Gasteiger partial charge on any atom is -0.353 e. The summed E-state index contributed by atoms with van der Waals surface area (Å²) in [5.74, 6) is -0.843. The van der Waals surface area contributed by atoms with Crippen molar-refractivity contribution in [2.24, 2.45) is 0 Å². The fourth-order valence-corrected chi connectivity index (χ4v) is 4.56. The first-order valence-corrected chi connectivity index (χ1v) is 10.1. The standard InChI is InChI=1S/C19H21N3O4S/c23-18(21-14-15-7-3-1-4-8-15)13-17-19(24)20-11-12-22(17)27(25,26)16-9-5-2-6-10-16/h1-10,17H,11-14H2,(H,20,24)(H,21,23)/t17-/m1/s1. The van der Waals surface area contributed by atoms with E-state index in [2.05, 4.69) is 10.6 Å². The number of hydrogen-bond acceptors (Lipinski definition) is 4. The number of carbonyl (C=O) groups is 2. The highest BCUT2D eigenvalue weighted by atomic mass is 32.2. The lowest BCUT2D eigenvalue weighted by Gasteiger charge is -2.33. The van der Waals surface area contributed by atoms with Gasteiger partial charge in [-0.25, -0.2) is 8.42 Å². The van der Waals surface area contributed by atoms with Gasteiger partial charge in [-0.3, -0.25) is 9.59 Å². The quantitative estimate of drug-likeness (QED) is 0.769. The number of hydrogen-bond donors (Lipinski definition) is 2. The predicted octanol–water partition coefficient (Wildman–Crippen LogP) is 0.882. The molecule has 1 atom stereocenters. The van der Waals surface area contributed by atoms with Crippen molar-refractivity contribution in [2.45, 2.75) is 23.9 Å². The van der Waals surface area contributed by atoms with Crippen molar-refractivity contribution in [3.63, 3.8) is 0 Å². The van der Waals surface area contributed by atoms with Crippen molar-refractivity contribution < 1.29 is 18.0 Å². The molecule has 142 valence electrons. The third-order valence-corrected chi connectivity index (χ3v) is 6.27. The lowest BCUT2D eigenvalue weighted by molar-refractivity contribution is -0.131. The van der Waals surface area contributed by atoms with Crippen molar-refractivity contribution in [1.82, 2.24) is 14.9 Å². The molecular formula is C19H21N3O4S. The maximum atomic E-state index is 12.9. The predicted molar refractivity (Wildman–Crippen MR) is 100 cm³/mol. The van der Waals surface area contributed by atoms with Crippen LogP contribution in [0.15, 0.2) is 65.6 Å². The van der Waals surface area contributed by atoms with Gasteiger partial charge in [0.2, 0.25) is 21.8 Å². The average Bonchev–Trinajstić information content (AvgIpc) is 2.69. The van der Waals surface area contributed by atoms with Crippen molar-refractivity contribution in [1.29, 1.82) is 0 Å². The van der Waals surface area contributed by atoms with E-state index in [-0.39, 0.29) is 30.3 Å². The number of nitrogens with zero attached hydrogens (tertiary/aromatic N) is 1. The molecule has 1 fully saturated rings. The Balaban J connectivity index is 1.73. The average molecular weight is 387 g/mol. The summed E-state index contributed by atoms with van der Waals surface area (Å²) in [5, 5.41) is 5.38. The Labute approximate surface area is 158 Å². The highest BCUT2D eigenvalue weighted by Gasteiger charge is 2.39. The first kappa shape index (κ1) is 19.1. The second-order valence-electron chi connectivity index (χ2n) is 6.20. The number of benzene rings is 2.